The second-order valence-corrected chi connectivity index (χ2v) is 2.71. The summed E-state index contributed by atoms with van der Waals surface area (Å²) < 4.78 is 2.06. The van der Waals surface area contributed by atoms with E-state index < -0.39 is 0 Å². The monoisotopic (exact) mass is 411 g/mol. The van der Waals surface area contributed by atoms with E-state index in [1.165, 1.54) is 0 Å². The van der Waals surface area contributed by atoms with Gasteiger partial charge in [-0.3, -0.25) is 0 Å². The third-order valence-corrected chi connectivity index (χ3v) is 1.87. The van der Waals surface area contributed by atoms with Crippen LogP contribution in [0.3, 0.4) is 0 Å². The molecule has 6 heteroatoms. The molecule has 5 radical (unpaired) electrons. The Kier molecular flexibility index (Phi) is 21.6. The zero-order valence-corrected chi connectivity index (χ0v) is 16.0. The van der Waals surface area contributed by atoms with Crippen LogP contribution >= 0.6 is 0 Å². The second kappa shape index (κ2) is 13.7. The number of rotatable bonds is 1. The number of para-hydroxylation sites is 1. The molecule has 0 spiro atoms. The van der Waals surface area contributed by atoms with Crippen LogP contribution in [-0.4, -0.2) is 4.57 Å². The van der Waals surface area contributed by atoms with Crippen LogP contribution in [0.5, 0.6) is 0 Å². The van der Waals surface area contributed by atoms with Crippen LogP contribution < -0.4 is 0 Å². The molecule has 0 fully saturated rings. The van der Waals surface area contributed by atoms with Gasteiger partial charge in [-0.05, 0) is 18.3 Å². The van der Waals surface area contributed by atoms with Gasteiger partial charge in [0.1, 0.15) is 0 Å². The van der Waals surface area contributed by atoms with Crippen LogP contribution in [0, 0.1) is 6.92 Å². The molecule has 0 atom stereocenters. The molecule has 0 bridgehead atoms. The summed E-state index contributed by atoms with van der Waals surface area (Å²) in [7, 11) is 0. The summed E-state index contributed by atoms with van der Waals surface area (Å²) in [6, 6.07) is 14.2. The van der Waals surface area contributed by atoms with Gasteiger partial charge in [0.25, 0.3) is 0 Å². The van der Waals surface area contributed by atoms with Gasteiger partial charge in [-0.15, -0.1) is 11.8 Å². The van der Waals surface area contributed by atoms with E-state index in [0.29, 0.717) is 0 Å². The maximum atomic E-state index is 3.92. The third kappa shape index (κ3) is 7.45. The standard InChI is InChI=1S/C11H10N.5V/c1-10-6-5-9-12(10)11-7-3-2-4-8-11;;;;;/h2-9H,1H2;;;;;/q-1;;;;;. The normalized spacial score (nSPS) is 7.06. The van der Waals surface area contributed by atoms with Crippen LogP contribution in [0.1, 0.15) is 5.69 Å². The first-order valence-electron chi connectivity index (χ1n) is 3.92. The van der Waals surface area contributed by atoms with Crippen molar-refractivity contribution in [3.63, 3.8) is 0 Å². The van der Waals surface area contributed by atoms with Crippen molar-refractivity contribution in [2.24, 2.45) is 0 Å². The Morgan fingerprint density at radius 3 is 1.65 bits per heavy atom. The van der Waals surface area contributed by atoms with Crippen LogP contribution in [0.25, 0.3) is 5.69 Å². The molecule has 17 heavy (non-hydrogen) atoms. The summed E-state index contributed by atoms with van der Waals surface area (Å²) >= 11 is 0. The summed E-state index contributed by atoms with van der Waals surface area (Å²) in [5.74, 6) is 0. The van der Waals surface area contributed by atoms with E-state index in [1.807, 2.05) is 36.5 Å². The number of hydrogen-bond donors (Lipinski definition) is 0. The molecular weight excluding hydrogens is 401 g/mol. The molecule has 1 aromatic heterocycles. The largest absolute Gasteiger partial charge is 0.354 e. The first-order valence-corrected chi connectivity index (χ1v) is 3.92. The molecule has 1 heterocycles. The molecule has 2 rings (SSSR count). The average molecular weight is 411 g/mol. The van der Waals surface area contributed by atoms with Crippen molar-refractivity contribution in [2.45, 2.75) is 0 Å². The van der Waals surface area contributed by atoms with Crippen LogP contribution in [0.4, 0.5) is 0 Å². The van der Waals surface area contributed by atoms with Crippen molar-refractivity contribution >= 4 is 0 Å². The fourth-order valence-corrected chi connectivity index (χ4v) is 1.26. The van der Waals surface area contributed by atoms with Gasteiger partial charge in [-0.2, -0.15) is 6.07 Å². The van der Waals surface area contributed by atoms with Gasteiger partial charge in [-0.1, -0.05) is 18.2 Å². The Bertz CT molecular complexity index is 374. The molecule has 0 N–H and O–H groups in total. The summed E-state index contributed by atoms with van der Waals surface area (Å²) in [6.07, 6.45) is 2.01. The van der Waals surface area contributed by atoms with Crippen LogP contribution in [-0.2, 0) is 92.8 Å². The summed E-state index contributed by atoms with van der Waals surface area (Å²) in [5, 5.41) is 0. The van der Waals surface area contributed by atoms with Gasteiger partial charge in [0.2, 0.25) is 0 Å². The first-order chi connectivity index (χ1) is 5.88. The predicted octanol–water partition coefficient (Wildman–Crippen LogP) is 2.65. The Hall–Kier alpha value is 1.29. The summed E-state index contributed by atoms with van der Waals surface area (Å²) in [5.41, 5.74) is 2.17. The zero-order chi connectivity index (χ0) is 8.39. The second-order valence-electron chi connectivity index (χ2n) is 2.71. The van der Waals surface area contributed by atoms with Crippen molar-refractivity contribution in [3.8, 4) is 5.69 Å². The molecule has 0 amide bonds. The van der Waals surface area contributed by atoms with Crippen LogP contribution in [0.2, 0.25) is 0 Å². The molecular formula is C11H10NV5-. The van der Waals surface area contributed by atoms with Gasteiger partial charge < -0.3 is 4.57 Å². The van der Waals surface area contributed by atoms with Crippen molar-refractivity contribution in [2.75, 3.05) is 0 Å². The van der Waals surface area contributed by atoms with Crippen molar-refractivity contribution in [3.05, 3.63) is 61.3 Å². The van der Waals surface area contributed by atoms with E-state index in [0.717, 1.165) is 11.4 Å². The van der Waals surface area contributed by atoms with Gasteiger partial charge in [0.05, 0.1) is 0 Å². The molecule has 0 aliphatic carbocycles. The Morgan fingerprint density at radius 2 is 1.24 bits per heavy atom. The minimum absolute atomic E-state index is 0. The van der Waals surface area contributed by atoms with E-state index >= 15 is 0 Å². The maximum absolute atomic E-state index is 3.92. The van der Waals surface area contributed by atoms with Crippen molar-refractivity contribution in [1.82, 2.24) is 4.57 Å². The minimum Gasteiger partial charge on any atom is -0.354 e. The smallest absolute Gasteiger partial charge is 0.0423 e. The summed E-state index contributed by atoms with van der Waals surface area (Å²) in [4.78, 5) is 0. The van der Waals surface area contributed by atoms with E-state index in [1.54, 1.807) is 0 Å². The molecule has 0 saturated heterocycles. The number of benzene rings is 1. The first kappa shape index (κ1) is 26.8. The molecule has 0 aliphatic rings. The molecule has 2 aromatic rings. The van der Waals surface area contributed by atoms with Crippen molar-refractivity contribution < 1.29 is 92.8 Å². The van der Waals surface area contributed by atoms with Crippen LogP contribution in [0.15, 0.2) is 48.7 Å². The predicted molar refractivity (Wildman–Crippen MR) is 50.2 cm³/mol. The zero-order valence-electron chi connectivity index (χ0n) is 9.01. The minimum atomic E-state index is 0. The topological polar surface area (TPSA) is 4.93 Å². The number of nitrogens with zero attached hydrogens (tertiary/aromatic N) is 1. The van der Waals surface area contributed by atoms with Gasteiger partial charge in [0, 0.05) is 98.5 Å². The third-order valence-electron chi connectivity index (χ3n) is 1.87. The van der Waals surface area contributed by atoms with E-state index in [4.69, 9.17) is 0 Å². The average Bonchev–Trinajstić information content (AvgIpc) is 2.53. The van der Waals surface area contributed by atoms with Crippen molar-refractivity contribution in [1.29, 1.82) is 0 Å². The Morgan fingerprint density at radius 1 is 0.706 bits per heavy atom. The number of hydrogen-bond acceptors (Lipinski definition) is 0. The molecule has 0 aliphatic heterocycles. The Labute approximate surface area is 162 Å². The molecule has 1 nitrogen and oxygen atoms in total. The molecule has 0 saturated carbocycles. The fraction of sp³-hybridized carbons (Fsp3) is 0. The van der Waals surface area contributed by atoms with Gasteiger partial charge >= 0.3 is 0 Å². The Balaban J connectivity index is -0.000000169. The van der Waals surface area contributed by atoms with E-state index in [-0.39, 0.29) is 92.8 Å². The number of aromatic nitrogens is 1. The quantitative estimate of drug-likeness (QED) is 0.637. The molecule has 85 valence electrons. The summed E-state index contributed by atoms with van der Waals surface area (Å²) in [6.45, 7) is 3.92. The molecule has 1 aromatic carbocycles. The van der Waals surface area contributed by atoms with Gasteiger partial charge in [-0.25, -0.2) is 6.92 Å². The maximum Gasteiger partial charge on any atom is 0.0423 e. The molecule has 0 unspecified atom stereocenters. The van der Waals surface area contributed by atoms with Gasteiger partial charge in [0.15, 0.2) is 0 Å². The van der Waals surface area contributed by atoms with E-state index in [9.17, 15) is 0 Å². The SMILES string of the molecule is [CH2-]c1cccn1-c1ccccc1.[V].[V].[V].[V].[V]. The fourth-order valence-electron chi connectivity index (χ4n) is 1.26. The van der Waals surface area contributed by atoms with E-state index in [2.05, 4.69) is 23.6 Å².